The van der Waals surface area contributed by atoms with E-state index < -0.39 is 0 Å². The quantitative estimate of drug-likeness (QED) is 0.821. The van der Waals surface area contributed by atoms with Gasteiger partial charge >= 0.3 is 0 Å². The number of rotatable bonds is 4. The van der Waals surface area contributed by atoms with E-state index in [9.17, 15) is 0 Å². The fraction of sp³-hybridized carbons (Fsp3) is 0.917. The van der Waals surface area contributed by atoms with E-state index >= 15 is 0 Å². The summed E-state index contributed by atoms with van der Waals surface area (Å²) in [5.41, 5.74) is 0.264. The summed E-state index contributed by atoms with van der Waals surface area (Å²) in [6.45, 7) is 7.34. The van der Waals surface area contributed by atoms with Gasteiger partial charge in [0, 0.05) is 31.1 Å². The maximum Gasteiger partial charge on any atom is 0.157 e. The average Bonchev–Trinajstić information content (AvgIpc) is 2.90. The van der Waals surface area contributed by atoms with E-state index in [1.807, 2.05) is 11.8 Å². The predicted molar refractivity (Wildman–Crippen MR) is 70.1 cm³/mol. The van der Waals surface area contributed by atoms with Gasteiger partial charge < -0.3 is 10.1 Å². The summed E-state index contributed by atoms with van der Waals surface area (Å²) in [5, 5.41) is 4.67. The zero-order valence-corrected chi connectivity index (χ0v) is 11.1. The first-order valence-electron chi connectivity index (χ1n) is 6.25. The van der Waals surface area contributed by atoms with Crippen LogP contribution in [0.5, 0.6) is 0 Å². The zero-order chi connectivity index (χ0) is 11.4. The van der Waals surface area contributed by atoms with Crippen LogP contribution in [0.15, 0.2) is 4.99 Å². The number of hydrogen-bond donors (Lipinski definition) is 1. The van der Waals surface area contributed by atoms with Crippen molar-refractivity contribution in [2.45, 2.75) is 38.6 Å². The molecule has 2 rings (SSSR count). The lowest BCUT2D eigenvalue weighted by Crippen LogP contribution is -2.39. The fourth-order valence-electron chi connectivity index (χ4n) is 1.99. The van der Waals surface area contributed by atoms with Crippen molar-refractivity contribution in [1.82, 2.24) is 5.32 Å². The number of thioether (sulfide) groups is 1. The molecule has 0 radical (unpaired) electrons. The van der Waals surface area contributed by atoms with Crippen molar-refractivity contribution in [2.24, 2.45) is 10.9 Å². The van der Waals surface area contributed by atoms with Crippen LogP contribution in [0.4, 0.5) is 0 Å². The van der Waals surface area contributed by atoms with Gasteiger partial charge in [-0.1, -0.05) is 18.7 Å². The molecular formula is C12H22N2OS. The molecule has 2 atom stereocenters. The van der Waals surface area contributed by atoms with Crippen LogP contribution in [0.1, 0.15) is 33.1 Å². The van der Waals surface area contributed by atoms with Crippen LogP contribution in [-0.4, -0.2) is 36.2 Å². The minimum absolute atomic E-state index is 0.264. The Morgan fingerprint density at radius 2 is 2.50 bits per heavy atom. The monoisotopic (exact) mass is 242 g/mol. The van der Waals surface area contributed by atoms with E-state index in [2.05, 4.69) is 24.2 Å². The Balaban J connectivity index is 1.72. The Kier molecular flexibility index (Phi) is 4.14. The van der Waals surface area contributed by atoms with Gasteiger partial charge in [0.15, 0.2) is 5.17 Å². The number of aliphatic imine (C=N–C) groups is 1. The van der Waals surface area contributed by atoms with E-state index in [-0.39, 0.29) is 5.54 Å². The summed E-state index contributed by atoms with van der Waals surface area (Å²) in [7, 11) is 0. The molecule has 92 valence electrons. The molecule has 2 fully saturated rings. The smallest absolute Gasteiger partial charge is 0.157 e. The second kappa shape index (κ2) is 5.41. The lowest BCUT2D eigenvalue weighted by atomic mass is 10.0. The van der Waals surface area contributed by atoms with Gasteiger partial charge in [0.05, 0.1) is 0 Å². The molecule has 0 aromatic carbocycles. The molecule has 3 nitrogen and oxygen atoms in total. The van der Waals surface area contributed by atoms with Crippen LogP contribution in [0.2, 0.25) is 0 Å². The van der Waals surface area contributed by atoms with Gasteiger partial charge in [-0.15, -0.1) is 0 Å². The molecule has 0 aromatic rings. The molecule has 1 N–H and O–H groups in total. The number of hydrogen-bond acceptors (Lipinski definition) is 3. The Morgan fingerprint density at radius 1 is 1.62 bits per heavy atom. The number of nitrogens with zero attached hydrogens (tertiary/aromatic N) is 1. The highest BCUT2D eigenvalue weighted by Crippen LogP contribution is 2.25. The lowest BCUT2D eigenvalue weighted by Gasteiger charge is -2.20. The normalized spacial score (nSPS) is 36.9. The van der Waals surface area contributed by atoms with Crippen LogP contribution < -0.4 is 5.32 Å². The second-order valence-electron chi connectivity index (χ2n) is 5.03. The number of amidine groups is 1. The first-order valence-corrected chi connectivity index (χ1v) is 7.23. The molecule has 0 aromatic heterocycles. The predicted octanol–water partition coefficient (Wildman–Crippen LogP) is 2.27. The third-order valence-corrected chi connectivity index (χ3v) is 4.82. The largest absolute Gasteiger partial charge is 0.381 e. The average molecular weight is 242 g/mol. The molecule has 0 aliphatic carbocycles. The highest BCUT2D eigenvalue weighted by molar-refractivity contribution is 8.14. The highest BCUT2D eigenvalue weighted by atomic mass is 32.2. The van der Waals surface area contributed by atoms with Gasteiger partial charge in [-0.25, -0.2) is 0 Å². The van der Waals surface area contributed by atoms with Crippen LogP contribution in [-0.2, 0) is 4.74 Å². The van der Waals surface area contributed by atoms with E-state index in [1.165, 1.54) is 12.8 Å². The molecule has 16 heavy (non-hydrogen) atoms. The van der Waals surface area contributed by atoms with E-state index in [0.717, 1.165) is 43.0 Å². The second-order valence-corrected chi connectivity index (χ2v) is 6.00. The summed E-state index contributed by atoms with van der Waals surface area (Å²) in [5.74, 6) is 1.89. The molecule has 0 amide bonds. The SMILES string of the molecule is CCC1(C)CSC(=NCCC2CCOC2)N1. The fourth-order valence-corrected chi connectivity index (χ4v) is 3.23. The maximum absolute atomic E-state index is 5.36. The molecular weight excluding hydrogens is 220 g/mol. The van der Waals surface area contributed by atoms with Gasteiger partial charge in [-0.2, -0.15) is 0 Å². The van der Waals surface area contributed by atoms with E-state index in [1.54, 1.807) is 0 Å². The summed E-state index contributed by atoms with van der Waals surface area (Å²) in [4.78, 5) is 4.64. The van der Waals surface area contributed by atoms with Crippen molar-refractivity contribution >= 4 is 16.9 Å². The zero-order valence-electron chi connectivity index (χ0n) is 10.3. The third-order valence-electron chi connectivity index (χ3n) is 3.53. The Hall–Kier alpha value is -0.220. The molecule has 2 unspecified atom stereocenters. The van der Waals surface area contributed by atoms with Crippen molar-refractivity contribution in [3.05, 3.63) is 0 Å². The van der Waals surface area contributed by atoms with Crippen molar-refractivity contribution in [3.8, 4) is 0 Å². The molecule has 0 spiro atoms. The molecule has 0 saturated carbocycles. The molecule has 4 heteroatoms. The Labute approximate surface area is 102 Å². The van der Waals surface area contributed by atoms with Crippen LogP contribution in [0, 0.1) is 5.92 Å². The molecule has 2 heterocycles. The van der Waals surface area contributed by atoms with Crippen LogP contribution >= 0.6 is 11.8 Å². The maximum atomic E-state index is 5.36. The summed E-state index contributed by atoms with van der Waals surface area (Å²) in [6.07, 6.45) is 3.56. The highest BCUT2D eigenvalue weighted by Gasteiger charge is 2.30. The van der Waals surface area contributed by atoms with Gasteiger partial charge in [-0.3, -0.25) is 4.99 Å². The Morgan fingerprint density at radius 3 is 3.12 bits per heavy atom. The minimum Gasteiger partial charge on any atom is -0.381 e. The van der Waals surface area contributed by atoms with Crippen LogP contribution in [0.3, 0.4) is 0 Å². The molecule has 2 aliphatic rings. The van der Waals surface area contributed by atoms with Crippen molar-refractivity contribution in [2.75, 3.05) is 25.5 Å². The molecule has 0 bridgehead atoms. The molecule has 2 aliphatic heterocycles. The van der Waals surface area contributed by atoms with Crippen molar-refractivity contribution in [3.63, 3.8) is 0 Å². The van der Waals surface area contributed by atoms with Crippen molar-refractivity contribution in [1.29, 1.82) is 0 Å². The molecule has 2 saturated heterocycles. The van der Waals surface area contributed by atoms with Gasteiger partial charge in [0.25, 0.3) is 0 Å². The topological polar surface area (TPSA) is 33.6 Å². The summed E-state index contributed by atoms with van der Waals surface area (Å²) >= 11 is 1.86. The van der Waals surface area contributed by atoms with Crippen LogP contribution in [0.25, 0.3) is 0 Å². The number of nitrogens with one attached hydrogen (secondary N) is 1. The van der Waals surface area contributed by atoms with Gasteiger partial charge in [0.1, 0.15) is 0 Å². The van der Waals surface area contributed by atoms with Crippen molar-refractivity contribution < 1.29 is 4.74 Å². The standard InChI is InChI=1S/C12H22N2OS/c1-3-12(2)9-16-11(14-12)13-6-4-10-5-7-15-8-10/h10H,3-9H2,1-2H3,(H,13,14). The third kappa shape index (κ3) is 3.14. The van der Waals surface area contributed by atoms with E-state index in [4.69, 9.17) is 4.74 Å². The first-order chi connectivity index (χ1) is 7.72. The summed E-state index contributed by atoms with van der Waals surface area (Å²) in [6, 6.07) is 0. The summed E-state index contributed by atoms with van der Waals surface area (Å²) < 4.78 is 5.36. The first kappa shape index (κ1) is 12.2. The van der Waals surface area contributed by atoms with Gasteiger partial charge in [0.2, 0.25) is 0 Å². The minimum atomic E-state index is 0.264. The lowest BCUT2D eigenvalue weighted by molar-refractivity contribution is 0.184. The number of ether oxygens (including phenoxy) is 1. The Bertz CT molecular complexity index is 264. The van der Waals surface area contributed by atoms with Gasteiger partial charge in [-0.05, 0) is 32.1 Å². The van der Waals surface area contributed by atoms with E-state index in [0.29, 0.717) is 0 Å².